The highest BCUT2D eigenvalue weighted by atomic mass is 16.5. The number of fused-ring (bicyclic) bond motifs is 2. The van der Waals surface area contributed by atoms with E-state index in [-0.39, 0.29) is 18.9 Å². The van der Waals surface area contributed by atoms with Crippen LogP contribution in [-0.2, 0) is 21.5 Å². The second-order valence-electron chi connectivity index (χ2n) is 8.70. The van der Waals surface area contributed by atoms with E-state index in [2.05, 4.69) is 20.6 Å². The molecule has 3 aromatic rings. The second kappa shape index (κ2) is 7.41. The third-order valence-electron chi connectivity index (χ3n) is 6.60. The van der Waals surface area contributed by atoms with Gasteiger partial charge in [0, 0.05) is 43.0 Å². The minimum absolute atomic E-state index is 0.00133. The molecule has 172 valence electrons. The van der Waals surface area contributed by atoms with E-state index in [4.69, 9.17) is 9.15 Å². The van der Waals surface area contributed by atoms with Crippen molar-refractivity contribution in [3.8, 4) is 5.75 Å². The molecule has 0 bridgehead atoms. The van der Waals surface area contributed by atoms with Crippen molar-refractivity contribution in [1.29, 1.82) is 0 Å². The molecule has 2 aromatic heterocycles. The Hall–Kier alpha value is -4.21. The summed E-state index contributed by atoms with van der Waals surface area (Å²) in [5.74, 6) is 0.513. The van der Waals surface area contributed by atoms with Crippen LogP contribution in [0.15, 0.2) is 45.9 Å². The number of aromatic nitrogens is 1. The van der Waals surface area contributed by atoms with Gasteiger partial charge in [0.2, 0.25) is 11.8 Å². The monoisotopic (exact) mass is 459 g/mol. The predicted octanol–water partition coefficient (Wildman–Crippen LogP) is 1.13. The number of amides is 3. The number of ether oxygens (including phenoxy) is 1. The zero-order valence-electron chi connectivity index (χ0n) is 18.4. The molecule has 6 rings (SSSR count). The van der Waals surface area contributed by atoms with Crippen molar-refractivity contribution in [2.75, 3.05) is 26.7 Å². The van der Waals surface area contributed by atoms with Gasteiger partial charge in [-0.3, -0.25) is 29.7 Å². The van der Waals surface area contributed by atoms with Crippen LogP contribution in [0.5, 0.6) is 5.75 Å². The van der Waals surface area contributed by atoms with Gasteiger partial charge in [-0.15, -0.1) is 0 Å². The number of furan rings is 1. The Balaban J connectivity index is 1.38. The van der Waals surface area contributed by atoms with Crippen LogP contribution in [0.25, 0.3) is 11.1 Å². The molecule has 0 aliphatic carbocycles. The molecular weight excluding hydrogens is 438 g/mol. The molecule has 2 N–H and O–H groups in total. The van der Waals surface area contributed by atoms with Crippen molar-refractivity contribution < 1.29 is 23.5 Å². The van der Waals surface area contributed by atoms with Crippen molar-refractivity contribution >= 4 is 34.7 Å². The van der Waals surface area contributed by atoms with E-state index >= 15 is 0 Å². The summed E-state index contributed by atoms with van der Waals surface area (Å²) >= 11 is 0. The Labute approximate surface area is 194 Å². The Morgan fingerprint density at radius 3 is 2.82 bits per heavy atom. The van der Waals surface area contributed by atoms with E-state index in [0.29, 0.717) is 41.3 Å². The van der Waals surface area contributed by atoms with E-state index in [9.17, 15) is 14.4 Å². The number of hydrogen-bond acceptors (Lipinski definition) is 8. The predicted molar refractivity (Wildman–Crippen MR) is 121 cm³/mol. The number of hydrogen-bond donors (Lipinski definition) is 2. The lowest BCUT2D eigenvalue weighted by molar-refractivity contribution is -0.126. The molecule has 10 heteroatoms. The number of nitrogens with one attached hydrogen (secondary N) is 2. The number of nitrogens with zero attached hydrogens (tertiary/aromatic N) is 3. The number of carbonyl (C=O) groups excluding carboxylic acids is 3. The third-order valence-corrected chi connectivity index (χ3v) is 6.60. The highest BCUT2D eigenvalue weighted by molar-refractivity contribution is 6.10. The molecule has 0 unspecified atom stereocenters. The van der Waals surface area contributed by atoms with Gasteiger partial charge in [0.05, 0.1) is 20.1 Å². The summed E-state index contributed by atoms with van der Waals surface area (Å²) < 4.78 is 11.4. The summed E-state index contributed by atoms with van der Waals surface area (Å²) in [6, 6.07) is 8.82. The Bertz CT molecular complexity index is 1410. The summed E-state index contributed by atoms with van der Waals surface area (Å²) in [6.07, 6.45) is 1.58. The molecule has 34 heavy (non-hydrogen) atoms. The van der Waals surface area contributed by atoms with Crippen LogP contribution in [0.3, 0.4) is 0 Å². The first kappa shape index (κ1) is 20.4. The minimum Gasteiger partial charge on any atom is -0.497 e. The number of imide groups is 1. The molecule has 0 saturated carbocycles. The van der Waals surface area contributed by atoms with Crippen LogP contribution >= 0.6 is 0 Å². The maximum atomic E-state index is 13.2. The fraction of sp³-hybridized carbons (Fsp3) is 0.292. The lowest BCUT2D eigenvalue weighted by atomic mass is 9.82. The van der Waals surface area contributed by atoms with Crippen molar-refractivity contribution in [3.63, 3.8) is 0 Å². The first-order chi connectivity index (χ1) is 16.5. The molecule has 1 fully saturated rings. The Kier molecular flexibility index (Phi) is 4.44. The fourth-order valence-corrected chi connectivity index (χ4v) is 4.84. The van der Waals surface area contributed by atoms with Crippen LogP contribution in [0.1, 0.15) is 33.7 Å². The molecule has 3 amide bonds. The number of methoxy groups -OCH3 is 1. The molecule has 5 heterocycles. The lowest BCUT2D eigenvalue weighted by Gasteiger charge is -2.28. The fourth-order valence-electron chi connectivity index (χ4n) is 4.84. The first-order valence-electron chi connectivity index (χ1n) is 11.0. The number of amidine groups is 1. The standard InChI is InChI=1S/C24H21N5O5/c1-33-15-3-2-13-11-29(22(31)16(13)7-15)12-24(9-20(30)28-23(24)32)19-8-17-18(34-19)6-14(10-27-17)21-25-4-5-26-21/h2-3,6-8,10H,4-5,9,11-12H2,1H3,(H,25,26)(H,28,30,32)/t24-/m1/s1. The molecule has 3 aliphatic heterocycles. The number of rotatable bonds is 5. The van der Waals surface area contributed by atoms with Gasteiger partial charge in [-0.1, -0.05) is 6.07 Å². The quantitative estimate of drug-likeness (QED) is 0.548. The largest absolute Gasteiger partial charge is 0.497 e. The maximum Gasteiger partial charge on any atom is 0.254 e. The number of aliphatic imine (C=N–C) groups is 1. The summed E-state index contributed by atoms with van der Waals surface area (Å²) in [5, 5.41) is 5.59. The average molecular weight is 459 g/mol. The topological polar surface area (TPSA) is 126 Å². The summed E-state index contributed by atoms with van der Waals surface area (Å²) in [6.45, 7) is 1.79. The lowest BCUT2D eigenvalue weighted by Crippen LogP contribution is -2.46. The van der Waals surface area contributed by atoms with E-state index in [1.807, 2.05) is 12.1 Å². The molecule has 0 spiro atoms. The van der Waals surface area contributed by atoms with Gasteiger partial charge in [-0.05, 0) is 23.8 Å². The van der Waals surface area contributed by atoms with Gasteiger partial charge in [0.25, 0.3) is 5.91 Å². The summed E-state index contributed by atoms with van der Waals surface area (Å²) in [4.78, 5) is 49.1. The number of carbonyl (C=O) groups is 3. The number of benzene rings is 1. The van der Waals surface area contributed by atoms with Crippen LogP contribution in [0.4, 0.5) is 0 Å². The van der Waals surface area contributed by atoms with Gasteiger partial charge in [-0.2, -0.15) is 0 Å². The smallest absolute Gasteiger partial charge is 0.254 e. The van der Waals surface area contributed by atoms with E-state index < -0.39 is 17.2 Å². The zero-order valence-corrected chi connectivity index (χ0v) is 18.4. The Morgan fingerprint density at radius 2 is 2.09 bits per heavy atom. The van der Waals surface area contributed by atoms with Crippen LogP contribution < -0.4 is 15.4 Å². The zero-order chi connectivity index (χ0) is 23.4. The van der Waals surface area contributed by atoms with Gasteiger partial charge in [0.1, 0.15) is 28.3 Å². The van der Waals surface area contributed by atoms with Gasteiger partial charge in [-0.25, -0.2) is 0 Å². The van der Waals surface area contributed by atoms with Gasteiger partial charge in [0.15, 0.2) is 5.58 Å². The van der Waals surface area contributed by atoms with Crippen LogP contribution in [0.2, 0.25) is 0 Å². The molecule has 1 atom stereocenters. The van der Waals surface area contributed by atoms with Gasteiger partial charge < -0.3 is 19.4 Å². The number of pyridine rings is 1. The normalized spacial score (nSPS) is 21.6. The van der Waals surface area contributed by atoms with Gasteiger partial charge >= 0.3 is 0 Å². The van der Waals surface area contributed by atoms with E-state index in [1.54, 1.807) is 36.4 Å². The molecular formula is C24H21N5O5. The highest BCUT2D eigenvalue weighted by Gasteiger charge is 2.53. The molecule has 0 radical (unpaired) electrons. The molecule has 10 nitrogen and oxygen atoms in total. The first-order valence-corrected chi connectivity index (χ1v) is 11.0. The van der Waals surface area contributed by atoms with Crippen molar-refractivity contribution in [3.05, 3.63) is 59.0 Å². The molecule has 1 aromatic carbocycles. The molecule has 3 aliphatic rings. The second-order valence-corrected chi connectivity index (χ2v) is 8.70. The average Bonchev–Trinajstić information content (AvgIpc) is 3.61. The van der Waals surface area contributed by atoms with Crippen LogP contribution in [-0.4, -0.2) is 60.2 Å². The molecule has 1 saturated heterocycles. The van der Waals surface area contributed by atoms with E-state index in [0.717, 1.165) is 23.5 Å². The summed E-state index contributed by atoms with van der Waals surface area (Å²) in [5.41, 5.74) is 1.85. The SMILES string of the molecule is COc1ccc2c(c1)C(=O)N(C[C@@]1(c3cc4ncc(C5=NCCN5)cc4o3)CC(=O)NC1=O)C2. The van der Waals surface area contributed by atoms with Crippen molar-refractivity contribution in [1.82, 2.24) is 20.5 Å². The van der Waals surface area contributed by atoms with Crippen molar-refractivity contribution in [2.24, 2.45) is 4.99 Å². The van der Waals surface area contributed by atoms with Crippen molar-refractivity contribution in [2.45, 2.75) is 18.4 Å². The minimum atomic E-state index is -1.34. The Morgan fingerprint density at radius 1 is 1.21 bits per heavy atom. The highest BCUT2D eigenvalue weighted by Crippen LogP contribution is 2.39. The van der Waals surface area contributed by atoms with E-state index in [1.165, 1.54) is 0 Å². The third kappa shape index (κ3) is 3.06. The van der Waals surface area contributed by atoms with Crippen LogP contribution in [0, 0.1) is 0 Å². The summed E-state index contributed by atoms with van der Waals surface area (Å²) in [7, 11) is 1.54. The maximum absolute atomic E-state index is 13.2.